The van der Waals surface area contributed by atoms with Crippen molar-refractivity contribution in [2.75, 3.05) is 0 Å². The molecule has 0 aromatic carbocycles. The Hall–Kier alpha value is -0.0900. The molecule has 1 unspecified atom stereocenters. The monoisotopic (exact) mass is 272 g/mol. The van der Waals surface area contributed by atoms with Gasteiger partial charge in [-0.3, -0.25) is 11.3 Å². The van der Waals surface area contributed by atoms with Crippen molar-refractivity contribution in [1.29, 1.82) is 0 Å². The van der Waals surface area contributed by atoms with Gasteiger partial charge in [-0.25, -0.2) is 0 Å². The summed E-state index contributed by atoms with van der Waals surface area (Å²) in [4.78, 5) is 1.21. The van der Waals surface area contributed by atoms with E-state index in [1.165, 1.54) is 30.6 Å². The lowest BCUT2D eigenvalue weighted by Crippen LogP contribution is -2.34. The number of aryl methyl sites for hydroxylation is 1. The van der Waals surface area contributed by atoms with Crippen LogP contribution >= 0.6 is 22.9 Å². The van der Waals surface area contributed by atoms with Crippen LogP contribution in [0.3, 0.4) is 0 Å². The minimum Gasteiger partial charge on any atom is -0.271 e. The van der Waals surface area contributed by atoms with E-state index in [0.717, 1.165) is 16.5 Å². The molecule has 1 atom stereocenters. The molecule has 1 aromatic heterocycles. The summed E-state index contributed by atoms with van der Waals surface area (Å²) in [5, 5.41) is 3.02. The largest absolute Gasteiger partial charge is 0.271 e. The highest BCUT2D eigenvalue weighted by Gasteiger charge is 2.29. The van der Waals surface area contributed by atoms with Crippen molar-refractivity contribution in [3.8, 4) is 0 Å². The van der Waals surface area contributed by atoms with Gasteiger partial charge in [-0.2, -0.15) is 0 Å². The van der Waals surface area contributed by atoms with Gasteiger partial charge in [0.2, 0.25) is 0 Å². The Bertz CT molecular complexity index is 369. The summed E-state index contributed by atoms with van der Waals surface area (Å²) < 4.78 is 0. The number of rotatable bonds is 3. The van der Waals surface area contributed by atoms with Crippen LogP contribution in [0.5, 0.6) is 0 Å². The van der Waals surface area contributed by atoms with Crippen LogP contribution in [0.15, 0.2) is 5.38 Å². The van der Waals surface area contributed by atoms with E-state index in [-0.39, 0.29) is 6.04 Å². The summed E-state index contributed by atoms with van der Waals surface area (Å²) in [6, 6.07) is 0.230. The molecule has 17 heavy (non-hydrogen) atoms. The molecule has 0 radical (unpaired) electrons. The minimum atomic E-state index is 0.230. The van der Waals surface area contributed by atoms with Gasteiger partial charge < -0.3 is 0 Å². The Kier molecular flexibility index (Phi) is 4.47. The lowest BCUT2D eigenvalue weighted by molar-refractivity contribution is 0.234. The second-order valence-corrected chi connectivity index (χ2v) is 6.55. The second kappa shape index (κ2) is 5.70. The number of halogens is 1. The van der Waals surface area contributed by atoms with Crippen molar-refractivity contribution in [2.45, 2.75) is 45.6 Å². The predicted octanol–water partition coefficient (Wildman–Crippen LogP) is 4.04. The molecule has 96 valence electrons. The maximum absolute atomic E-state index is 6.35. The molecule has 1 aliphatic carbocycles. The fraction of sp³-hybridized carbons (Fsp3) is 0.692. The van der Waals surface area contributed by atoms with Gasteiger partial charge in [0.25, 0.3) is 0 Å². The standard InChI is InChI=1S/C13H21ClN2S/c1-8-3-5-10(6-4-8)12(16-15)13-11(14)9(2)7-17-13/h7-8,10,12,16H,3-6,15H2,1-2H3. The van der Waals surface area contributed by atoms with Crippen LogP contribution in [0.4, 0.5) is 0 Å². The average molecular weight is 273 g/mol. The Labute approximate surface area is 113 Å². The molecule has 3 N–H and O–H groups in total. The molecule has 0 bridgehead atoms. The first-order chi connectivity index (χ1) is 8.13. The van der Waals surface area contributed by atoms with Gasteiger partial charge in [0.05, 0.1) is 11.1 Å². The fourth-order valence-corrected chi connectivity index (χ4v) is 4.17. The first-order valence-corrected chi connectivity index (χ1v) is 7.58. The fourth-order valence-electron chi connectivity index (χ4n) is 2.70. The van der Waals surface area contributed by atoms with Crippen LogP contribution in [0.1, 0.15) is 49.1 Å². The number of nitrogens with two attached hydrogens (primary N) is 1. The van der Waals surface area contributed by atoms with Crippen LogP contribution in [-0.4, -0.2) is 0 Å². The highest BCUT2D eigenvalue weighted by molar-refractivity contribution is 7.10. The molecule has 4 heteroatoms. The normalized spacial score (nSPS) is 27.1. The molecule has 1 aromatic rings. The zero-order valence-electron chi connectivity index (χ0n) is 10.5. The van der Waals surface area contributed by atoms with Crippen LogP contribution < -0.4 is 11.3 Å². The molecular weight excluding hydrogens is 252 g/mol. The summed E-state index contributed by atoms with van der Waals surface area (Å²) in [6.45, 7) is 4.39. The molecule has 1 fully saturated rings. The number of thiophene rings is 1. The number of hydrogen-bond donors (Lipinski definition) is 2. The molecule has 0 spiro atoms. The van der Waals surface area contributed by atoms with E-state index in [2.05, 4.69) is 24.7 Å². The highest BCUT2D eigenvalue weighted by atomic mass is 35.5. The summed E-state index contributed by atoms with van der Waals surface area (Å²) in [6.07, 6.45) is 5.13. The molecular formula is C13H21ClN2S. The van der Waals surface area contributed by atoms with E-state index in [1.54, 1.807) is 11.3 Å². The topological polar surface area (TPSA) is 38.0 Å². The van der Waals surface area contributed by atoms with Gasteiger partial charge in [0, 0.05) is 4.88 Å². The SMILES string of the molecule is Cc1csc(C(NN)C2CCC(C)CC2)c1Cl. The van der Waals surface area contributed by atoms with Gasteiger partial charge >= 0.3 is 0 Å². The zero-order chi connectivity index (χ0) is 12.4. The Balaban J connectivity index is 2.13. The first-order valence-electron chi connectivity index (χ1n) is 6.33. The third-order valence-corrected chi connectivity index (χ3v) is 5.72. The molecule has 1 heterocycles. The summed E-state index contributed by atoms with van der Waals surface area (Å²) in [5.41, 5.74) is 4.15. The van der Waals surface area contributed by atoms with Crippen LogP contribution in [0.2, 0.25) is 5.02 Å². The second-order valence-electron chi connectivity index (χ2n) is 5.26. The van der Waals surface area contributed by atoms with Gasteiger partial charge in [-0.1, -0.05) is 31.4 Å². The van der Waals surface area contributed by atoms with E-state index in [0.29, 0.717) is 5.92 Å². The van der Waals surface area contributed by atoms with E-state index in [9.17, 15) is 0 Å². The first kappa shape index (κ1) is 13.3. The molecule has 2 nitrogen and oxygen atoms in total. The summed E-state index contributed by atoms with van der Waals surface area (Å²) in [5.74, 6) is 7.24. The summed E-state index contributed by atoms with van der Waals surface area (Å²) >= 11 is 8.07. The van der Waals surface area contributed by atoms with Crippen LogP contribution in [0, 0.1) is 18.8 Å². The summed E-state index contributed by atoms with van der Waals surface area (Å²) in [7, 11) is 0. The van der Waals surface area contributed by atoms with Gasteiger partial charge in [-0.05, 0) is 42.5 Å². The third kappa shape index (κ3) is 2.84. The highest BCUT2D eigenvalue weighted by Crippen LogP contribution is 2.41. The Morgan fingerprint density at radius 3 is 2.53 bits per heavy atom. The van der Waals surface area contributed by atoms with Crippen molar-refractivity contribution in [2.24, 2.45) is 17.7 Å². The number of hydrazine groups is 1. The third-order valence-electron chi connectivity index (χ3n) is 3.92. The smallest absolute Gasteiger partial charge is 0.0596 e. The van der Waals surface area contributed by atoms with Crippen LogP contribution in [-0.2, 0) is 0 Å². The Morgan fingerprint density at radius 2 is 2.06 bits per heavy atom. The van der Waals surface area contributed by atoms with E-state index < -0.39 is 0 Å². The maximum atomic E-state index is 6.35. The quantitative estimate of drug-likeness (QED) is 0.644. The van der Waals surface area contributed by atoms with Gasteiger partial charge in [-0.15, -0.1) is 11.3 Å². The lowest BCUT2D eigenvalue weighted by atomic mass is 9.79. The van der Waals surface area contributed by atoms with Crippen molar-refractivity contribution in [3.63, 3.8) is 0 Å². The van der Waals surface area contributed by atoms with Crippen molar-refractivity contribution >= 4 is 22.9 Å². The van der Waals surface area contributed by atoms with Gasteiger partial charge in [0.1, 0.15) is 0 Å². The van der Waals surface area contributed by atoms with E-state index in [1.807, 2.05) is 0 Å². The van der Waals surface area contributed by atoms with Crippen molar-refractivity contribution in [1.82, 2.24) is 5.43 Å². The molecule has 0 aliphatic heterocycles. The van der Waals surface area contributed by atoms with Crippen LogP contribution in [0.25, 0.3) is 0 Å². The molecule has 1 aliphatic rings. The maximum Gasteiger partial charge on any atom is 0.0596 e. The molecule has 2 rings (SSSR count). The predicted molar refractivity (Wildman–Crippen MR) is 75.3 cm³/mol. The molecule has 1 saturated carbocycles. The lowest BCUT2D eigenvalue weighted by Gasteiger charge is -2.32. The van der Waals surface area contributed by atoms with Gasteiger partial charge in [0.15, 0.2) is 0 Å². The average Bonchev–Trinajstić information content (AvgIpc) is 2.65. The van der Waals surface area contributed by atoms with E-state index in [4.69, 9.17) is 17.4 Å². The molecule has 0 saturated heterocycles. The minimum absolute atomic E-state index is 0.230. The number of hydrogen-bond acceptors (Lipinski definition) is 3. The van der Waals surface area contributed by atoms with Crippen molar-refractivity contribution in [3.05, 3.63) is 20.8 Å². The van der Waals surface area contributed by atoms with E-state index >= 15 is 0 Å². The van der Waals surface area contributed by atoms with Crippen molar-refractivity contribution < 1.29 is 0 Å². The molecule has 0 amide bonds. The zero-order valence-corrected chi connectivity index (χ0v) is 12.1. The number of nitrogens with one attached hydrogen (secondary N) is 1. The Morgan fingerprint density at radius 1 is 1.41 bits per heavy atom.